The van der Waals surface area contributed by atoms with E-state index >= 15 is 0 Å². The van der Waals surface area contributed by atoms with Crippen molar-refractivity contribution in [2.45, 2.75) is 24.9 Å². The molecule has 0 radical (unpaired) electrons. The van der Waals surface area contributed by atoms with Gasteiger partial charge in [0.05, 0.1) is 0 Å². The molecule has 0 aromatic carbocycles. The minimum Gasteiger partial charge on any atom is -0.273 e. The van der Waals surface area contributed by atoms with Crippen LogP contribution in [0.5, 0.6) is 0 Å². The number of carbonyl (C=O) groups excluding carboxylic acids is 2. The maximum Gasteiger partial charge on any atom is 0.614 e. The molecule has 0 heterocycles. The summed E-state index contributed by atoms with van der Waals surface area (Å²) in [5.41, 5.74) is 2.06. The molecule has 0 saturated carbocycles. The number of halogens is 4. The zero-order chi connectivity index (χ0) is 16.1. The van der Waals surface area contributed by atoms with Gasteiger partial charge in [-0.25, -0.2) is 0 Å². The highest BCUT2D eigenvalue weighted by molar-refractivity contribution is 5.85. The smallest absolute Gasteiger partial charge is 0.273 e. The number of nitrogens with one attached hydrogen (secondary N) is 2. The van der Waals surface area contributed by atoms with Gasteiger partial charge >= 0.3 is 18.0 Å². The largest absolute Gasteiger partial charge is 0.614 e. The van der Waals surface area contributed by atoms with Crippen molar-refractivity contribution in [2.24, 2.45) is 0 Å². The van der Waals surface area contributed by atoms with E-state index in [1.807, 2.05) is 0 Å². The van der Waals surface area contributed by atoms with Crippen molar-refractivity contribution >= 4 is 11.8 Å². The van der Waals surface area contributed by atoms with Gasteiger partial charge < -0.3 is 0 Å². The summed E-state index contributed by atoms with van der Waals surface area (Å²) in [6, 6.07) is 0. The third-order valence-electron chi connectivity index (χ3n) is 1.80. The Balaban J connectivity index is 4.40. The molecular weight excluding hydrogens is 300 g/mol. The van der Waals surface area contributed by atoms with Crippen molar-refractivity contribution in [2.75, 3.05) is 0 Å². The Morgan fingerprint density at radius 2 is 1.45 bits per heavy atom. The molecule has 0 rings (SSSR count). The van der Waals surface area contributed by atoms with E-state index in [0.717, 1.165) is 5.43 Å². The highest BCUT2D eigenvalue weighted by Crippen LogP contribution is 2.19. The van der Waals surface area contributed by atoms with E-state index in [4.69, 9.17) is 0 Å². The van der Waals surface area contributed by atoms with Crippen LogP contribution in [0.1, 0.15) is 12.8 Å². The van der Waals surface area contributed by atoms with E-state index in [1.165, 1.54) is 5.43 Å². The molecule has 0 fully saturated rings. The standard InChI is InChI=1S/C6H6F4N4O6/c7-5(13(17)18,14(19)20)2-1-3(15)11-12-4(16)6(8,9)10/h1-2H2,(H,11,15)(H,12,16). The summed E-state index contributed by atoms with van der Waals surface area (Å²) in [6.07, 6.45) is -8.02. The Labute approximate surface area is 106 Å². The minimum atomic E-state index is -5.29. The number of alkyl halides is 4. The van der Waals surface area contributed by atoms with Crippen LogP contribution in [-0.4, -0.2) is 33.8 Å². The summed E-state index contributed by atoms with van der Waals surface area (Å²) in [6.45, 7) is 0. The van der Waals surface area contributed by atoms with Gasteiger partial charge in [0.1, 0.15) is 16.3 Å². The van der Waals surface area contributed by atoms with E-state index in [2.05, 4.69) is 0 Å². The van der Waals surface area contributed by atoms with E-state index in [9.17, 15) is 47.4 Å². The lowest BCUT2D eigenvalue weighted by Crippen LogP contribution is -2.48. The van der Waals surface area contributed by atoms with Gasteiger partial charge in [-0.3, -0.25) is 40.7 Å². The van der Waals surface area contributed by atoms with Crippen LogP contribution in [0.25, 0.3) is 0 Å². The fourth-order valence-corrected chi connectivity index (χ4v) is 0.782. The molecule has 114 valence electrons. The van der Waals surface area contributed by atoms with Gasteiger partial charge in [0.15, 0.2) is 0 Å². The lowest BCUT2D eigenvalue weighted by Gasteiger charge is -2.10. The van der Waals surface area contributed by atoms with Gasteiger partial charge in [-0.2, -0.15) is 13.2 Å². The molecule has 0 atom stereocenters. The van der Waals surface area contributed by atoms with Crippen LogP contribution in [0.3, 0.4) is 0 Å². The predicted octanol–water partition coefficient (Wildman–Crippen LogP) is -0.347. The van der Waals surface area contributed by atoms with Crippen LogP contribution >= 0.6 is 0 Å². The van der Waals surface area contributed by atoms with E-state index < -0.39 is 46.6 Å². The first-order valence-electron chi connectivity index (χ1n) is 4.55. The third kappa shape index (κ3) is 4.62. The molecule has 20 heavy (non-hydrogen) atoms. The summed E-state index contributed by atoms with van der Waals surface area (Å²) >= 11 is 0. The van der Waals surface area contributed by atoms with Gasteiger partial charge in [0.2, 0.25) is 5.91 Å². The Bertz CT molecular complexity index is 424. The molecule has 2 N–H and O–H groups in total. The Hall–Kier alpha value is -2.54. The molecule has 14 heteroatoms. The van der Waals surface area contributed by atoms with Crippen LogP contribution in [0, 0.1) is 20.2 Å². The molecule has 0 aliphatic carbocycles. The van der Waals surface area contributed by atoms with Crippen LogP contribution in [0.15, 0.2) is 0 Å². The lowest BCUT2D eigenvalue weighted by atomic mass is 10.2. The number of rotatable bonds is 5. The lowest BCUT2D eigenvalue weighted by molar-refractivity contribution is -0.832. The van der Waals surface area contributed by atoms with Crippen molar-refractivity contribution in [3.63, 3.8) is 0 Å². The number of hydrogen-bond acceptors (Lipinski definition) is 6. The number of nitrogens with zero attached hydrogens (tertiary/aromatic N) is 2. The molecule has 0 bridgehead atoms. The molecule has 0 aromatic rings. The van der Waals surface area contributed by atoms with Crippen molar-refractivity contribution in [3.05, 3.63) is 20.2 Å². The van der Waals surface area contributed by atoms with Crippen molar-refractivity contribution in [3.8, 4) is 0 Å². The highest BCUT2D eigenvalue weighted by atomic mass is 19.4. The first kappa shape index (κ1) is 17.5. The second kappa shape index (κ2) is 6.07. The van der Waals surface area contributed by atoms with Crippen molar-refractivity contribution in [1.29, 1.82) is 0 Å². The topological polar surface area (TPSA) is 144 Å². The Morgan fingerprint density at radius 1 is 1.00 bits per heavy atom. The molecule has 0 aliphatic rings. The molecule has 0 aromatic heterocycles. The van der Waals surface area contributed by atoms with Crippen molar-refractivity contribution in [1.82, 2.24) is 10.9 Å². The van der Waals surface area contributed by atoms with Crippen LogP contribution < -0.4 is 10.9 Å². The van der Waals surface area contributed by atoms with Crippen LogP contribution in [0.2, 0.25) is 0 Å². The fourth-order valence-electron chi connectivity index (χ4n) is 0.782. The fraction of sp³-hybridized carbons (Fsp3) is 0.667. The zero-order valence-electron chi connectivity index (χ0n) is 9.27. The van der Waals surface area contributed by atoms with Crippen LogP contribution in [-0.2, 0) is 9.59 Å². The molecule has 10 nitrogen and oxygen atoms in total. The summed E-state index contributed by atoms with van der Waals surface area (Å²) in [7, 11) is 0. The maximum absolute atomic E-state index is 13.1. The number of nitro groups is 2. The van der Waals surface area contributed by atoms with E-state index in [1.54, 1.807) is 0 Å². The summed E-state index contributed by atoms with van der Waals surface area (Å²) in [5.74, 6) is -8.17. The zero-order valence-corrected chi connectivity index (χ0v) is 9.27. The normalized spacial score (nSPS) is 11.6. The van der Waals surface area contributed by atoms with Gasteiger partial charge in [-0.15, -0.1) is 0 Å². The summed E-state index contributed by atoms with van der Waals surface area (Å²) in [4.78, 5) is 37.5. The van der Waals surface area contributed by atoms with Gasteiger partial charge in [-0.05, 0) is 0 Å². The average molecular weight is 306 g/mol. The Morgan fingerprint density at radius 3 is 1.80 bits per heavy atom. The summed E-state index contributed by atoms with van der Waals surface area (Å²) in [5, 5.41) is 20.2. The maximum atomic E-state index is 13.1. The molecular formula is C6H6F4N4O6. The molecule has 2 amide bonds. The van der Waals surface area contributed by atoms with Gasteiger partial charge in [0.25, 0.3) is 0 Å². The second-order valence-corrected chi connectivity index (χ2v) is 3.23. The summed E-state index contributed by atoms with van der Waals surface area (Å²) < 4.78 is 48.2. The van der Waals surface area contributed by atoms with Crippen molar-refractivity contribution < 1.29 is 37.0 Å². The predicted molar refractivity (Wildman–Crippen MR) is 49.4 cm³/mol. The average Bonchev–Trinajstić information content (AvgIpc) is 2.30. The minimum absolute atomic E-state index is 0.891. The first-order valence-corrected chi connectivity index (χ1v) is 4.55. The third-order valence-corrected chi connectivity index (χ3v) is 1.80. The quantitative estimate of drug-likeness (QED) is 0.233. The van der Waals surface area contributed by atoms with E-state index in [-0.39, 0.29) is 0 Å². The number of carbonyl (C=O) groups is 2. The highest BCUT2D eigenvalue weighted by Gasteiger charge is 2.57. The number of amides is 2. The Kier molecular flexibility index (Phi) is 5.30. The second-order valence-electron chi connectivity index (χ2n) is 3.23. The first-order chi connectivity index (χ1) is 8.91. The number of hydrogen-bond donors (Lipinski definition) is 2. The molecule has 0 spiro atoms. The monoisotopic (exact) mass is 306 g/mol. The molecule has 0 unspecified atom stereocenters. The van der Waals surface area contributed by atoms with E-state index in [0.29, 0.717) is 0 Å². The SMILES string of the molecule is O=C(CCC(F)([N+](=O)[O-])[N+](=O)[O-])NNC(=O)C(F)(F)F. The number of hydrazine groups is 1. The molecule has 0 aliphatic heterocycles. The molecule has 0 saturated heterocycles. The van der Waals surface area contributed by atoms with Crippen LogP contribution in [0.4, 0.5) is 17.6 Å². The van der Waals surface area contributed by atoms with Gasteiger partial charge in [0, 0.05) is 6.42 Å². The van der Waals surface area contributed by atoms with Gasteiger partial charge in [-0.1, -0.05) is 4.39 Å².